The summed E-state index contributed by atoms with van der Waals surface area (Å²) in [7, 11) is 3.89. The molecule has 5 heterocycles. The van der Waals surface area contributed by atoms with Crippen LogP contribution in [-0.4, -0.2) is 74.6 Å². The van der Waals surface area contributed by atoms with Crippen molar-refractivity contribution in [1.82, 2.24) is 30.0 Å². The van der Waals surface area contributed by atoms with E-state index in [0.717, 1.165) is 53.2 Å². The third-order valence-electron chi connectivity index (χ3n) is 6.08. The number of H-pyrrole nitrogens is 1. The zero-order chi connectivity index (χ0) is 21.5. The Morgan fingerprint density at radius 2 is 2.06 bits per heavy atom. The van der Waals surface area contributed by atoms with E-state index in [1.54, 1.807) is 11.3 Å². The molecule has 2 saturated heterocycles. The highest BCUT2D eigenvalue weighted by atomic mass is 32.1. The summed E-state index contributed by atoms with van der Waals surface area (Å²) < 4.78 is 0. The van der Waals surface area contributed by atoms with E-state index in [1.807, 2.05) is 43.4 Å². The van der Waals surface area contributed by atoms with Gasteiger partial charge in [-0.1, -0.05) is 0 Å². The number of carbonyl (C=O) groups excluding carboxylic acids is 1. The molecule has 2 aliphatic rings. The van der Waals surface area contributed by atoms with Crippen molar-refractivity contribution < 1.29 is 4.79 Å². The Labute approximate surface area is 185 Å². The van der Waals surface area contributed by atoms with Crippen LogP contribution in [-0.2, 0) is 4.79 Å². The standard InChI is InChI=1S/C21H28N8OS/c1-12-8-17(27-26-12)23-19-16-6-7-31-20(16)25-21(24-19)22-13-9-14-4-5-15(10-13)29(14)18(30)11-28(2)3/h6-8,13-15H,4-5,9-11H2,1-3H3,(H3,22,23,24,25,26,27)/t13?,14-,15+. The van der Waals surface area contributed by atoms with Crippen molar-refractivity contribution in [3.63, 3.8) is 0 Å². The van der Waals surface area contributed by atoms with E-state index in [0.29, 0.717) is 24.6 Å². The zero-order valence-electron chi connectivity index (χ0n) is 18.1. The Balaban J connectivity index is 1.33. The molecule has 164 valence electrons. The highest BCUT2D eigenvalue weighted by Gasteiger charge is 2.43. The second-order valence-electron chi connectivity index (χ2n) is 8.83. The van der Waals surface area contributed by atoms with E-state index in [4.69, 9.17) is 9.97 Å². The first-order chi connectivity index (χ1) is 15.0. The van der Waals surface area contributed by atoms with Gasteiger partial charge < -0.3 is 20.4 Å². The van der Waals surface area contributed by atoms with E-state index in [9.17, 15) is 4.79 Å². The normalized spacial score (nSPS) is 23.0. The van der Waals surface area contributed by atoms with Gasteiger partial charge in [0.05, 0.1) is 11.9 Å². The summed E-state index contributed by atoms with van der Waals surface area (Å²) in [5.74, 6) is 2.36. The van der Waals surface area contributed by atoms with Crippen molar-refractivity contribution in [2.45, 2.75) is 50.7 Å². The van der Waals surface area contributed by atoms with Gasteiger partial charge in [0.25, 0.3) is 0 Å². The smallest absolute Gasteiger partial charge is 0.237 e. The molecule has 3 aromatic rings. The predicted molar refractivity (Wildman–Crippen MR) is 123 cm³/mol. The van der Waals surface area contributed by atoms with E-state index >= 15 is 0 Å². The predicted octanol–water partition coefficient (Wildman–Crippen LogP) is 2.96. The summed E-state index contributed by atoms with van der Waals surface area (Å²) in [6, 6.07) is 4.85. The first kappa shape index (κ1) is 20.2. The summed E-state index contributed by atoms with van der Waals surface area (Å²) >= 11 is 1.60. The Morgan fingerprint density at radius 1 is 1.29 bits per heavy atom. The van der Waals surface area contributed by atoms with Crippen molar-refractivity contribution in [3.05, 3.63) is 23.2 Å². The van der Waals surface area contributed by atoms with E-state index in [1.165, 1.54) is 0 Å². The fraction of sp³-hybridized carbons (Fsp3) is 0.524. The van der Waals surface area contributed by atoms with Gasteiger partial charge in [0.15, 0.2) is 5.82 Å². The molecule has 10 heteroatoms. The molecule has 0 spiro atoms. The third kappa shape index (κ3) is 4.09. The van der Waals surface area contributed by atoms with Crippen molar-refractivity contribution in [1.29, 1.82) is 0 Å². The van der Waals surface area contributed by atoms with Crippen molar-refractivity contribution >= 4 is 45.0 Å². The molecule has 2 bridgehead atoms. The lowest BCUT2D eigenvalue weighted by molar-refractivity contribution is -0.136. The van der Waals surface area contributed by atoms with Crippen LogP contribution in [0.3, 0.4) is 0 Å². The number of hydrogen-bond donors (Lipinski definition) is 3. The Kier molecular flexibility index (Phi) is 5.27. The zero-order valence-corrected chi connectivity index (χ0v) is 18.9. The van der Waals surface area contributed by atoms with Gasteiger partial charge in [-0.2, -0.15) is 10.1 Å². The van der Waals surface area contributed by atoms with Crippen LogP contribution in [0.4, 0.5) is 17.6 Å². The molecular formula is C21H28N8OS. The number of fused-ring (bicyclic) bond motifs is 3. The molecule has 2 aliphatic heterocycles. The van der Waals surface area contributed by atoms with E-state index < -0.39 is 0 Å². The molecule has 9 nitrogen and oxygen atoms in total. The Bertz CT molecular complexity index is 1080. The number of carbonyl (C=O) groups is 1. The van der Waals surface area contributed by atoms with Gasteiger partial charge >= 0.3 is 0 Å². The number of nitrogens with zero attached hydrogens (tertiary/aromatic N) is 5. The number of aryl methyl sites for hydroxylation is 1. The number of likely N-dealkylation sites (N-methyl/N-ethyl adjacent to an activating group) is 1. The number of amides is 1. The molecule has 31 heavy (non-hydrogen) atoms. The molecule has 5 rings (SSSR count). The maximum Gasteiger partial charge on any atom is 0.237 e. The largest absolute Gasteiger partial charge is 0.351 e. The molecule has 3 N–H and O–H groups in total. The molecule has 3 atom stereocenters. The second kappa shape index (κ2) is 8.08. The van der Waals surface area contributed by atoms with Crippen LogP contribution in [0.15, 0.2) is 17.5 Å². The summed E-state index contributed by atoms with van der Waals surface area (Å²) in [5, 5.41) is 17.1. The number of nitrogens with one attached hydrogen (secondary N) is 3. The fourth-order valence-electron chi connectivity index (χ4n) is 4.86. The van der Waals surface area contributed by atoms with Crippen LogP contribution < -0.4 is 10.6 Å². The maximum absolute atomic E-state index is 12.7. The Morgan fingerprint density at radius 3 is 2.74 bits per heavy atom. The quantitative estimate of drug-likeness (QED) is 0.542. The average Bonchev–Trinajstić information content (AvgIpc) is 3.40. The monoisotopic (exact) mass is 440 g/mol. The molecule has 1 amide bonds. The number of anilines is 3. The molecule has 3 aromatic heterocycles. The van der Waals surface area contributed by atoms with Gasteiger partial charge in [-0.05, 0) is 58.1 Å². The fourth-order valence-corrected chi connectivity index (χ4v) is 5.62. The topological polar surface area (TPSA) is 102 Å². The van der Waals surface area contributed by atoms with Gasteiger partial charge in [-0.3, -0.25) is 9.89 Å². The first-order valence-electron chi connectivity index (χ1n) is 10.7. The highest BCUT2D eigenvalue weighted by Crippen LogP contribution is 2.37. The molecule has 0 radical (unpaired) electrons. The number of rotatable bonds is 6. The molecular weight excluding hydrogens is 412 g/mol. The van der Waals surface area contributed by atoms with Crippen LogP contribution in [0, 0.1) is 6.92 Å². The average molecular weight is 441 g/mol. The van der Waals surface area contributed by atoms with Crippen LogP contribution in [0.25, 0.3) is 10.2 Å². The molecule has 1 unspecified atom stereocenters. The SMILES string of the molecule is Cc1cc(Nc2nc(NC3C[C@H]4CC[C@@H](C3)N4C(=O)CN(C)C)nc3sccc23)n[nH]1. The van der Waals surface area contributed by atoms with Gasteiger partial charge in [0.1, 0.15) is 10.6 Å². The van der Waals surface area contributed by atoms with Crippen molar-refractivity contribution in [2.75, 3.05) is 31.3 Å². The summed E-state index contributed by atoms with van der Waals surface area (Å²) in [5.41, 5.74) is 0.988. The van der Waals surface area contributed by atoms with Crippen molar-refractivity contribution in [2.24, 2.45) is 0 Å². The summed E-state index contributed by atoms with van der Waals surface area (Å²) in [4.78, 5) is 27.2. The summed E-state index contributed by atoms with van der Waals surface area (Å²) in [6.45, 7) is 2.44. The lowest BCUT2D eigenvalue weighted by Crippen LogP contribution is -2.52. The van der Waals surface area contributed by atoms with E-state index in [2.05, 4.69) is 25.7 Å². The third-order valence-corrected chi connectivity index (χ3v) is 6.89. The molecule has 0 saturated carbocycles. The first-order valence-corrected chi connectivity index (χ1v) is 11.6. The maximum atomic E-state index is 12.7. The Hall–Kier alpha value is -2.72. The number of aromatic nitrogens is 4. The second-order valence-corrected chi connectivity index (χ2v) is 9.73. The molecule has 0 aliphatic carbocycles. The number of piperidine rings is 1. The summed E-state index contributed by atoms with van der Waals surface area (Å²) in [6.07, 6.45) is 4.03. The molecule has 0 aromatic carbocycles. The number of aromatic amines is 1. The van der Waals surface area contributed by atoms with Gasteiger partial charge in [0, 0.05) is 29.9 Å². The number of hydrogen-bond acceptors (Lipinski definition) is 8. The van der Waals surface area contributed by atoms with Gasteiger partial charge in [0.2, 0.25) is 11.9 Å². The minimum atomic E-state index is 0.244. The minimum Gasteiger partial charge on any atom is -0.351 e. The van der Waals surface area contributed by atoms with Crippen LogP contribution in [0.5, 0.6) is 0 Å². The van der Waals surface area contributed by atoms with Crippen LogP contribution in [0.1, 0.15) is 31.4 Å². The van der Waals surface area contributed by atoms with Crippen LogP contribution >= 0.6 is 11.3 Å². The van der Waals surface area contributed by atoms with Gasteiger partial charge in [-0.25, -0.2) is 4.98 Å². The minimum absolute atomic E-state index is 0.244. The highest BCUT2D eigenvalue weighted by molar-refractivity contribution is 7.16. The lowest BCUT2D eigenvalue weighted by atomic mass is 9.97. The van der Waals surface area contributed by atoms with E-state index in [-0.39, 0.29) is 11.9 Å². The van der Waals surface area contributed by atoms with Crippen LogP contribution in [0.2, 0.25) is 0 Å². The van der Waals surface area contributed by atoms with Crippen molar-refractivity contribution in [3.8, 4) is 0 Å². The van der Waals surface area contributed by atoms with Gasteiger partial charge in [-0.15, -0.1) is 11.3 Å². The number of thiophene rings is 1. The lowest BCUT2D eigenvalue weighted by Gasteiger charge is -2.39. The molecule has 2 fully saturated rings.